The minimum atomic E-state index is -0.608. The molecule has 0 amide bonds. The number of carbonyl (C=O) groups is 2. The van der Waals surface area contributed by atoms with Crippen LogP contribution in [0.1, 0.15) is 72.1 Å². The lowest BCUT2D eigenvalue weighted by Crippen LogP contribution is -2.59. The molecule has 28 heavy (non-hydrogen) atoms. The number of ketones is 1. The number of fused-ring (bicyclic) bond motifs is 5. The van der Waals surface area contributed by atoms with Gasteiger partial charge >= 0.3 is 5.97 Å². The quantitative estimate of drug-likeness (QED) is 0.534. The molecule has 4 aliphatic carbocycles. The molecule has 5 nitrogen and oxygen atoms in total. The van der Waals surface area contributed by atoms with Gasteiger partial charge in [0.05, 0.1) is 0 Å². The molecule has 4 aliphatic rings. The highest BCUT2D eigenvalue weighted by molar-refractivity contribution is 5.83. The van der Waals surface area contributed by atoms with Crippen molar-refractivity contribution in [1.29, 1.82) is 0 Å². The maximum Gasteiger partial charge on any atom is 0.302 e. The van der Waals surface area contributed by atoms with E-state index in [0.29, 0.717) is 36.4 Å². The number of ether oxygens (including phenoxy) is 3. The summed E-state index contributed by atoms with van der Waals surface area (Å²) in [4.78, 5) is 25.0. The molecule has 5 heteroatoms. The van der Waals surface area contributed by atoms with Gasteiger partial charge < -0.3 is 14.2 Å². The minimum absolute atomic E-state index is 0.0116. The fourth-order valence-corrected chi connectivity index (χ4v) is 7.77. The first-order valence-corrected chi connectivity index (χ1v) is 11.0. The largest absolute Gasteiger partial charge is 0.462 e. The normalized spacial score (nSPS) is 47.0. The van der Waals surface area contributed by atoms with Crippen LogP contribution in [0.4, 0.5) is 0 Å². The smallest absolute Gasteiger partial charge is 0.302 e. The highest BCUT2D eigenvalue weighted by Crippen LogP contribution is 2.66. The van der Waals surface area contributed by atoms with E-state index in [1.54, 1.807) is 14.2 Å². The van der Waals surface area contributed by atoms with Gasteiger partial charge in [0, 0.05) is 51.7 Å². The lowest BCUT2D eigenvalue weighted by Gasteiger charge is -2.61. The van der Waals surface area contributed by atoms with E-state index in [0.717, 1.165) is 38.5 Å². The van der Waals surface area contributed by atoms with E-state index in [-0.39, 0.29) is 28.8 Å². The fraction of sp³-hybridized carbons (Fsp3) is 0.913. The lowest BCUT2D eigenvalue weighted by atomic mass is 9.44. The van der Waals surface area contributed by atoms with Crippen molar-refractivity contribution in [1.82, 2.24) is 0 Å². The van der Waals surface area contributed by atoms with Gasteiger partial charge in [-0.3, -0.25) is 9.59 Å². The third kappa shape index (κ3) is 2.79. The van der Waals surface area contributed by atoms with Crippen LogP contribution in [0.2, 0.25) is 0 Å². The van der Waals surface area contributed by atoms with Crippen LogP contribution in [0, 0.1) is 34.5 Å². The van der Waals surface area contributed by atoms with E-state index in [2.05, 4.69) is 13.8 Å². The van der Waals surface area contributed by atoms with Gasteiger partial charge in [-0.05, 0) is 55.3 Å². The summed E-state index contributed by atoms with van der Waals surface area (Å²) in [6.07, 6.45) is 7.41. The molecule has 0 aliphatic heterocycles. The van der Waals surface area contributed by atoms with Crippen LogP contribution in [-0.2, 0) is 23.8 Å². The van der Waals surface area contributed by atoms with Crippen molar-refractivity contribution in [2.75, 3.05) is 14.2 Å². The SMILES string of the molecule is COC1(OC)CCC2(C)C(C1)C(=O)CC1C3CCC(OC(C)=O)C3(C)CCC12. The average molecular weight is 393 g/mol. The summed E-state index contributed by atoms with van der Waals surface area (Å²) in [5.74, 6) is 1.10. The Morgan fingerprint density at radius 2 is 1.64 bits per heavy atom. The van der Waals surface area contributed by atoms with Gasteiger partial charge in [0.2, 0.25) is 0 Å². The van der Waals surface area contributed by atoms with Crippen LogP contribution in [0.25, 0.3) is 0 Å². The van der Waals surface area contributed by atoms with Crippen molar-refractivity contribution in [3.63, 3.8) is 0 Å². The molecule has 0 aromatic heterocycles. The number of rotatable bonds is 3. The Bertz CT molecular complexity index is 655. The topological polar surface area (TPSA) is 61.8 Å². The molecule has 0 aromatic rings. The minimum Gasteiger partial charge on any atom is -0.462 e. The van der Waals surface area contributed by atoms with Crippen molar-refractivity contribution in [3.8, 4) is 0 Å². The number of hydrogen-bond donors (Lipinski definition) is 0. The van der Waals surface area contributed by atoms with Gasteiger partial charge in [0.15, 0.2) is 5.79 Å². The van der Waals surface area contributed by atoms with Crippen LogP contribution in [-0.4, -0.2) is 37.9 Å². The first kappa shape index (κ1) is 20.3. The average Bonchev–Trinajstić information content (AvgIpc) is 2.98. The Kier molecular flexibility index (Phi) is 4.94. The zero-order valence-corrected chi connectivity index (χ0v) is 18.1. The summed E-state index contributed by atoms with van der Waals surface area (Å²) in [6.45, 7) is 6.16. The Morgan fingerprint density at radius 3 is 2.29 bits per heavy atom. The predicted octanol–water partition coefficient (Wildman–Crippen LogP) is 4.13. The molecular formula is C23H36O5. The Labute approximate surface area is 168 Å². The number of Topliss-reactive ketones (excluding diaryl/α,β-unsaturated/α-hetero) is 1. The Balaban J connectivity index is 1.61. The molecule has 4 saturated carbocycles. The second kappa shape index (κ2) is 6.80. The maximum atomic E-state index is 13.4. The predicted molar refractivity (Wildman–Crippen MR) is 104 cm³/mol. The molecule has 4 rings (SSSR count). The van der Waals surface area contributed by atoms with Gasteiger partial charge in [-0.2, -0.15) is 0 Å². The molecule has 0 spiro atoms. The van der Waals surface area contributed by atoms with Gasteiger partial charge in [-0.15, -0.1) is 0 Å². The molecule has 4 fully saturated rings. The van der Waals surface area contributed by atoms with E-state index in [1.807, 2.05) is 0 Å². The molecule has 0 radical (unpaired) electrons. The molecular weight excluding hydrogens is 356 g/mol. The number of hydrogen-bond acceptors (Lipinski definition) is 5. The first-order chi connectivity index (χ1) is 13.2. The number of methoxy groups -OCH3 is 2. The van der Waals surface area contributed by atoms with Crippen LogP contribution in [0.5, 0.6) is 0 Å². The zero-order chi connectivity index (χ0) is 20.3. The van der Waals surface area contributed by atoms with Crippen molar-refractivity contribution in [2.45, 2.75) is 84.0 Å². The molecule has 158 valence electrons. The molecule has 0 saturated heterocycles. The van der Waals surface area contributed by atoms with E-state index < -0.39 is 5.79 Å². The Morgan fingerprint density at radius 1 is 0.964 bits per heavy atom. The lowest BCUT2D eigenvalue weighted by molar-refractivity contribution is -0.257. The van der Waals surface area contributed by atoms with Crippen molar-refractivity contribution >= 4 is 11.8 Å². The highest BCUT2D eigenvalue weighted by Gasteiger charge is 2.64. The van der Waals surface area contributed by atoms with Gasteiger partial charge in [-0.1, -0.05) is 13.8 Å². The van der Waals surface area contributed by atoms with Crippen molar-refractivity contribution in [3.05, 3.63) is 0 Å². The van der Waals surface area contributed by atoms with E-state index in [1.165, 1.54) is 6.92 Å². The van der Waals surface area contributed by atoms with Crippen LogP contribution < -0.4 is 0 Å². The summed E-state index contributed by atoms with van der Waals surface area (Å²) in [6, 6.07) is 0. The second-order valence-electron chi connectivity index (χ2n) is 10.3. The molecule has 0 N–H and O–H groups in total. The van der Waals surface area contributed by atoms with Crippen LogP contribution in [0.15, 0.2) is 0 Å². The summed E-state index contributed by atoms with van der Waals surface area (Å²) in [5.41, 5.74) is 0.0508. The molecule has 7 atom stereocenters. The highest BCUT2D eigenvalue weighted by atomic mass is 16.7. The summed E-state index contributed by atoms with van der Waals surface area (Å²) in [7, 11) is 3.39. The van der Waals surface area contributed by atoms with Gasteiger partial charge in [0.25, 0.3) is 0 Å². The molecule has 0 aromatic carbocycles. The molecule has 0 heterocycles. The van der Waals surface area contributed by atoms with Gasteiger partial charge in [0.1, 0.15) is 11.9 Å². The molecule has 7 unspecified atom stereocenters. The van der Waals surface area contributed by atoms with E-state index in [4.69, 9.17) is 14.2 Å². The zero-order valence-electron chi connectivity index (χ0n) is 18.1. The summed E-state index contributed by atoms with van der Waals surface area (Å²) in [5, 5.41) is 0. The third-order valence-corrected chi connectivity index (χ3v) is 9.43. The van der Waals surface area contributed by atoms with Crippen LogP contribution in [0.3, 0.4) is 0 Å². The number of carbonyl (C=O) groups excluding carboxylic acids is 2. The monoisotopic (exact) mass is 392 g/mol. The Hall–Kier alpha value is -0.940. The number of esters is 1. The van der Waals surface area contributed by atoms with Crippen molar-refractivity contribution in [2.24, 2.45) is 34.5 Å². The van der Waals surface area contributed by atoms with Gasteiger partial charge in [-0.25, -0.2) is 0 Å². The van der Waals surface area contributed by atoms with E-state index in [9.17, 15) is 9.59 Å². The second-order valence-corrected chi connectivity index (χ2v) is 10.3. The van der Waals surface area contributed by atoms with Crippen molar-refractivity contribution < 1.29 is 23.8 Å². The summed E-state index contributed by atoms with van der Waals surface area (Å²) < 4.78 is 17.2. The fourth-order valence-electron chi connectivity index (χ4n) is 7.77. The third-order valence-electron chi connectivity index (χ3n) is 9.43. The standard InChI is InChI=1S/C23H36O5/c1-14(24)28-20-7-6-16-15-12-19(25)18-13-23(26-4,27-5)11-10-21(18,2)17(15)8-9-22(16,20)3/h15-18,20H,6-13H2,1-5H3. The van der Waals surface area contributed by atoms with E-state index >= 15 is 0 Å². The van der Waals surface area contributed by atoms with Crippen LogP contribution >= 0.6 is 0 Å². The molecule has 0 bridgehead atoms. The maximum absolute atomic E-state index is 13.4. The first-order valence-electron chi connectivity index (χ1n) is 11.0. The summed E-state index contributed by atoms with van der Waals surface area (Å²) >= 11 is 0.